The maximum Gasteiger partial charge on any atom is 0.191 e. The number of rotatable bonds is 7. The fourth-order valence-corrected chi connectivity index (χ4v) is 4.15. The van der Waals surface area contributed by atoms with Gasteiger partial charge in [0.25, 0.3) is 0 Å². The zero-order valence-corrected chi connectivity index (χ0v) is 20.1. The molecule has 0 aromatic carbocycles. The predicted molar refractivity (Wildman–Crippen MR) is 125 cm³/mol. The number of guanidine groups is 1. The van der Waals surface area contributed by atoms with Gasteiger partial charge >= 0.3 is 0 Å². The summed E-state index contributed by atoms with van der Waals surface area (Å²) in [6.45, 7) is 8.13. The van der Waals surface area contributed by atoms with Gasteiger partial charge in [-0.1, -0.05) is 26.2 Å². The number of halogens is 1. The number of hydrogen-bond donors (Lipinski definition) is 2. The van der Waals surface area contributed by atoms with E-state index in [9.17, 15) is 0 Å². The van der Waals surface area contributed by atoms with Gasteiger partial charge in [-0.25, -0.2) is 4.99 Å². The lowest BCUT2D eigenvalue weighted by atomic mass is 10.0. The Balaban J connectivity index is 0.00000280. The highest BCUT2D eigenvalue weighted by Gasteiger charge is 2.27. The summed E-state index contributed by atoms with van der Waals surface area (Å²) in [5.74, 6) is 2.75. The molecule has 0 radical (unpaired) electrons. The summed E-state index contributed by atoms with van der Waals surface area (Å²) < 4.78 is 2.01. The lowest BCUT2D eigenvalue weighted by molar-refractivity contribution is 0.150. The molecule has 0 spiro atoms. The second-order valence-corrected chi connectivity index (χ2v) is 8.06. The quantitative estimate of drug-likeness (QED) is 0.259. The van der Waals surface area contributed by atoms with E-state index in [0.717, 1.165) is 36.6 Å². The molecule has 1 aromatic heterocycles. The number of piperidine rings is 1. The summed E-state index contributed by atoms with van der Waals surface area (Å²) in [4.78, 5) is 7.51. The zero-order valence-electron chi connectivity index (χ0n) is 17.8. The molecule has 2 fully saturated rings. The summed E-state index contributed by atoms with van der Waals surface area (Å²) in [5.41, 5.74) is 0. The highest BCUT2D eigenvalue weighted by Crippen LogP contribution is 2.26. The van der Waals surface area contributed by atoms with Crippen LogP contribution in [0.5, 0.6) is 0 Å². The second-order valence-electron chi connectivity index (χ2n) is 8.06. The van der Waals surface area contributed by atoms with Gasteiger partial charge in [0.2, 0.25) is 0 Å². The van der Waals surface area contributed by atoms with E-state index < -0.39 is 0 Å². The van der Waals surface area contributed by atoms with Crippen molar-refractivity contribution in [2.75, 3.05) is 19.6 Å². The smallest absolute Gasteiger partial charge is 0.191 e. The number of likely N-dealkylation sites (tertiary alicyclic amines) is 1. The fourth-order valence-electron chi connectivity index (χ4n) is 4.15. The van der Waals surface area contributed by atoms with Crippen LogP contribution in [0.2, 0.25) is 0 Å². The van der Waals surface area contributed by atoms with E-state index in [1.165, 1.54) is 58.0 Å². The van der Waals surface area contributed by atoms with Gasteiger partial charge in [0.1, 0.15) is 12.4 Å². The average Bonchev–Trinajstić information content (AvgIpc) is 3.32. The van der Waals surface area contributed by atoms with Crippen molar-refractivity contribution in [2.45, 2.75) is 83.8 Å². The van der Waals surface area contributed by atoms with Crippen molar-refractivity contribution in [3.05, 3.63) is 11.6 Å². The van der Waals surface area contributed by atoms with E-state index in [4.69, 9.17) is 4.99 Å². The molecular formula is C20H38IN7. The molecule has 1 saturated carbocycles. The van der Waals surface area contributed by atoms with Gasteiger partial charge in [0.15, 0.2) is 11.8 Å². The molecule has 1 aliphatic carbocycles. The third-order valence-corrected chi connectivity index (χ3v) is 6.10. The fraction of sp³-hybridized carbons (Fsp3) is 0.850. The topological polar surface area (TPSA) is 70.4 Å². The Hall–Kier alpha value is -0.900. The molecule has 8 heteroatoms. The molecule has 0 bridgehead atoms. The Morgan fingerprint density at radius 3 is 2.46 bits per heavy atom. The third-order valence-electron chi connectivity index (χ3n) is 6.10. The first-order chi connectivity index (χ1) is 13.2. The number of aromatic nitrogens is 3. The molecule has 160 valence electrons. The van der Waals surface area contributed by atoms with Crippen LogP contribution in [0.4, 0.5) is 0 Å². The number of aryl methyl sites for hydroxylation is 1. The molecule has 1 aliphatic heterocycles. The molecule has 0 unspecified atom stereocenters. The van der Waals surface area contributed by atoms with Gasteiger partial charge in [-0.15, -0.1) is 34.2 Å². The summed E-state index contributed by atoms with van der Waals surface area (Å²) in [6, 6.07) is 1.36. The van der Waals surface area contributed by atoms with Crippen LogP contribution in [0.1, 0.15) is 69.9 Å². The van der Waals surface area contributed by atoms with Crippen molar-refractivity contribution in [3.63, 3.8) is 0 Å². The molecule has 0 atom stereocenters. The maximum absolute atomic E-state index is 4.79. The van der Waals surface area contributed by atoms with Crippen LogP contribution in [0.25, 0.3) is 0 Å². The largest absolute Gasteiger partial charge is 0.356 e. The Labute approximate surface area is 187 Å². The molecule has 1 saturated heterocycles. The Bertz CT molecular complexity index is 602. The lowest BCUT2D eigenvalue weighted by Gasteiger charge is -2.36. The van der Waals surface area contributed by atoms with E-state index in [1.54, 1.807) is 0 Å². The van der Waals surface area contributed by atoms with Gasteiger partial charge in [0.05, 0.1) is 0 Å². The molecule has 2 heterocycles. The zero-order chi connectivity index (χ0) is 19.1. The van der Waals surface area contributed by atoms with E-state index in [2.05, 4.69) is 32.7 Å². The van der Waals surface area contributed by atoms with Crippen LogP contribution in [0, 0.1) is 6.92 Å². The maximum atomic E-state index is 4.79. The number of unbranched alkanes of at least 4 members (excludes halogenated alkanes) is 1. The first-order valence-electron chi connectivity index (χ1n) is 10.8. The number of nitrogens with zero attached hydrogens (tertiary/aromatic N) is 5. The highest BCUT2D eigenvalue weighted by molar-refractivity contribution is 14.0. The third kappa shape index (κ3) is 6.57. The minimum atomic E-state index is 0. The van der Waals surface area contributed by atoms with Crippen LogP contribution < -0.4 is 10.6 Å². The van der Waals surface area contributed by atoms with Crippen LogP contribution >= 0.6 is 24.0 Å². The van der Waals surface area contributed by atoms with Crippen LogP contribution in [-0.4, -0.2) is 57.3 Å². The van der Waals surface area contributed by atoms with Gasteiger partial charge < -0.3 is 20.1 Å². The Morgan fingerprint density at radius 2 is 1.86 bits per heavy atom. The number of nitrogens with one attached hydrogen (secondary N) is 2. The Morgan fingerprint density at radius 1 is 1.14 bits per heavy atom. The van der Waals surface area contributed by atoms with Gasteiger partial charge in [-0.2, -0.15) is 0 Å². The van der Waals surface area contributed by atoms with E-state index in [-0.39, 0.29) is 24.0 Å². The van der Waals surface area contributed by atoms with Gasteiger partial charge in [-0.3, -0.25) is 0 Å². The first-order valence-corrected chi connectivity index (χ1v) is 10.8. The van der Waals surface area contributed by atoms with Crippen LogP contribution in [-0.2, 0) is 13.6 Å². The molecular weight excluding hydrogens is 465 g/mol. The van der Waals surface area contributed by atoms with Crippen molar-refractivity contribution < 1.29 is 0 Å². The van der Waals surface area contributed by atoms with Crippen molar-refractivity contribution in [2.24, 2.45) is 12.0 Å². The first kappa shape index (κ1) is 23.4. The SMILES string of the molecule is CCCCNC(=NCc1nnc(C)n1C)NC1CCN(C2CCCC2)CC1.I. The normalized spacial score (nSPS) is 19.6. The van der Waals surface area contributed by atoms with Crippen molar-refractivity contribution >= 4 is 29.9 Å². The van der Waals surface area contributed by atoms with Crippen LogP contribution in [0.15, 0.2) is 4.99 Å². The average molecular weight is 503 g/mol. The summed E-state index contributed by atoms with van der Waals surface area (Å²) in [6.07, 6.45) is 10.4. The molecule has 7 nitrogen and oxygen atoms in total. The summed E-state index contributed by atoms with van der Waals surface area (Å²) in [7, 11) is 2.00. The molecule has 0 amide bonds. The Kier molecular flexibility index (Phi) is 9.98. The number of aliphatic imine (C=N–C) groups is 1. The molecule has 2 aliphatic rings. The van der Waals surface area contributed by atoms with Gasteiger partial charge in [-0.05, 0) is 39.0 Å². The molecule has 1 aromatic rings. The minimum absolute atomic E-state index is 0. The predicted octanol–water partition coefficient (Wildman–Crippen LogP) is 2.98. The molecule has 28 heavy (non-hydrogen) atoms. The van der Waals surface area contributed by atoms with E-state index in [0.29, 0.717) is 12.6 Å². The summed E-state index contributed by atoms with van der Waals surface area (Å²) in [5, 5.41) is 15.5. The minimum Gasteiger partial charge on any atom is -0.356 e. The summed E-state index contributed by atoms with van der Waals surface area (Å²) >= 11 is 0. The van der Waals surface area contributed by atoms with Crippen LogP contribution in [0.3, 0.4) is 0 Å². The van der Waals surface area contributed by atoms with E-state index >= 15 is 0 Å². The highest BCUT2D eigenvalue weighted by atomic mass is 127. The van der Waals surface area contributed by atoms with Crippen molar-refractivity contribution in [3.8, 4) is 0 Å². The number of hydrogen-bond acceptors (Lipinski definition) is 4. The standard InChI is InChI=1S/C20H37N7.HI/c1-4-5-12-21-20(22-15-19-25-24-16(2)26(19)3)23-17-10-13-27(14-11-17)18-8-6-7-9-18;/h17-18H,4-15H2,1-3H3,(H2,21,22,23);1H. The monoisotopic (exact) mass is 503 g/mol. The second kappa shape index (κ2) is 11.9. The molecule has 2 N–H and O–H groups in total. The lowest BCUT2D eigenvalue weighted by Crippen LogP contribution is -2.50. The molecule has 3 rings (SSSR count). The van der Waals surface area contributed by atoms with Crippen molar-refractivity contribution in [1.82, 2.24) is 30.3 Å². The van der Waals surface area contributed by atoms with E-state index in [1.807, 2.05) is 18.5 Å². The van der Waals surface area contributed by atoms with Crippen molar-refractivity contribution in [1.29, 1.82) is 0 Å². The van der Waals surface area contributed by atoms with Gasteiger partial charge in [0, 0.05) is 38.8 Å².